The smallest absolute Gasteiger partial charge is 0.337 e. The van der Waals surface area contributed by atoms with Gasteiger partial charge in [-0.25, -0.2) is 17.6 Å². The predicted molar refractivity (Wildman–Crippen MR) is 67.4 cm³/mol. The topological polar surface area (TPSA) is 110 Å². The van der Waals surface area contributed by atoms with Gasteiger partial charge in [0.2, 0.25) is 10.0 Å². The lowest BCUT2D eigenvalue weighted by Gasteiger charge is -2.10. The second kappa shape index (κ2) is 6.33. The number of benzene rings is 1. The first-order chi connectivity index (χ1) is 9.25. The molecule has 0 aromatic heterocycles. The summed E-state index contributed by atoms with van der Waals surface area (Å²) in [5, 5.41) is 8.87. The lowest BCUT2D eigenvalue weighted by molar-refractivity contribution is -0.139. The highest BCUT2D eigenvalue weighted by molar-refractivity contribution is 7.93. The number of carbonyl (C=O) groups is 2. The molecule has 0 aliphatic rings. The molecule has 0 aliphatic heterocycles. The largest absolute Gasteiger partial charge is 0.478 e. The molecule has 1 rings (SSSR count). The average Bonchev–Trinajstić information content (AvgIpc) is 2.26. The molecule has 0 aliphatic carbocycles. The number of ether oxygens (including phenoxy) is 1. The van der Waals surface area contributed by atoms with Crippen molar-refractivity contribution in [1.29, 1.82) is 0 Å². The molecule has 0 unspecified atom stereocenters. The Kier molecular flexibility index (Phi) is 5.03. The van der Waals surface area contributed by atoms with E-state index in [0.717, 1.165) is 12.1 Å². The summed E-state index contributed by atoms with van der Waals surface area (Å²) in [6.45, 7) is 1.52. The van der Waals surface area contributed by atoms with Gasteiger partial charge in [0.25, 0.3) is 0 Å². The summed E-state index contributed by atoms with van der Waals surface area (Å²) in [4.78, 5) is 22.0. The molecule has 0 saturated heterocycles. The van der Waals surface area contributed by atoms with E-state index in [-0.39, 0.29) is 6.61 Å². The van der Waals surface area contributed by atoms with Gasteiger partial charge in [0.1, 0.15) is 5.82 Å². The molecule has 7 nitrogen and oxygen atoms in total. The van der Waals surface area contributed by atoms with Gasteiger partial charge < -0.3 is 9.84 Å². The summed E-state index contributed by atoms with van der Waals surface area (Å²) in [7, 11) is -4.18. The van der Waals surface area contributed by atoms with Crippen molar-refractivity contribution in [3.05, 3.63) is 29.6 Å². The first-order valence-corrected chi connectivity index (χ1v) is 7.09. The molecule has 20 heavy (non-hydrogen) atoms. The standard InChI is InChI=1S/C11H12FNO6S/c1-2-19-10(14)6-20(17,18)13-9-5-7(12)3-4-8(9)11(15)16/h3-5,13H,2,6H2,1H3,(H,15,16). The van der Waals surface area contributed by atoms with Crippen LogP contribution in [0, 0.1) is 5.82 Å². The Morgan fingerprint density at radius 1 is 1.40 bits per heavy atom. The number of sulfonamides is 1. The van der Waals surface area contributed by atoms with Crippen LogP contribution in [-0.2, 0) is 19.6 Å². The van der Waals surface area contributed by atoms with Crippen LogP contribution in [0.1, 0.15) is 17.3 Å². The van der Waals surface area contributed by atoms with Gasteiger partial charge in [-0.15, -0.1) is 0 Å². The highest BCUT2D eigenvalue weighted by Gasteiger charge is 2.21. The second-order valence-electron chi connectivity index (χ2n) is 3.66. The van der Waals surface area contributed by atoms with E-state index < -0.39 is 44.8 Å². The lowest BCUT2D eigenvalue weighted by atomic mass is 10.2. The highest BCUT2D eigenvalue weighted by atomic mass is 32.2. The van der Waals surface area contributed by atoms with Crippen LogP contribution >= 0.6 is 0 Å². The third-order valence-corrected chi connectivity index (χ3v) is 3.24. The molecule has 0 fully saturated rings. The van der Waals surface area contributed by atoms with Gasteiger partial charge in [-0.1, -0.05) is 0 Å². The molecule has 0 bridgehead atoms. The third kappa shape index (κ3) is 4.50. The van der Waals surface area contributed by atoms with E-state index in [1.54, 1.807) is 0 Å². The quantitative estimate of drug-likeness (QED) is 0.753. The maximum atomic E-state index is 13.0. The molecule has 0 heterocycles. The van der Waals surface area contributed by atoms with Gasteiger partial charge in [0.15, 0.2) is 5.75 Å². The number of esters is 1. The summed E-state index contributed by atoms with van der Waals surface area (Å²) >= 11 is 0. The number of carboxylic acid groups (broad SMARTS) is 1. The molecule has 1 aromatic carbocycles. The maximum Gasteiger partial charge on any atom is 0.337 e. The van der Waals surface area contributed by atoms with Gasteiger partial charge >= 0.3 is 11.9 Å². The van der Waals surface area contributed by atoms with E-state index in [1.807, 2.05) is 4.72 Å². The summed E-state index contributed by atoms with van der Waals surface area (Å²) in [5.41, 5.74) is -0.888. The molecule has 0 spiro atoms. The van der Waals surface area contributed by atoms with Gasteiger partial charge in [0, 0.05) is 0 Å². The Balaban J connectivity index is 3.00. The Hall–Kier alpha value is -2.16. The molecule has 9 heteroatoms. The van der Waals surface area contributed by atoms with Crippen LogP contribution in [0.25, 0.3) is 0 Å². The van der Waals surface area contributed by atoms with E-state index in [2.05, 4.69) is 4.74 Å². The van der Waals surface area contributed by atoms with E-state index >= 15 is 0 Å². The summed E-state index contributed by atoms with van der Waals surface area (Å²) in [6, 6.07) is 2.51. The van der Waals surface area contributed by atoms with E-state index in [9.17, 15) is 22.4 Å². The molecule has 110 valence electrons. The number of halogens is 1. The fourth-order valence-corrected chi connectivity index (χ4v) is 2.32. The third-order valence-electron chi connectivity index (χ3n) is 2.09. The number of hydrogen-bond acceptors (Lipinski definition) is 5. The SMILES string of the molecule is CCOC(=O)CS(=O)(=O)Nc1cc(F)ccc1C(=O)O. The van der Waals surface area contributed by atoms with Crippen LogP contribution in [0.2, 0.25) is 0 Å². The number of aromatic carboxylic acids is 1. The Morgan fingerprint density at radius 3 is 2.60 bits per heavy atom. The van der Waals surface area contributed by atoms with Crippen LogP contribution in [0.4, 0.5) is 10.1 Å². The fourth-order valence-electron chi connectivity index (χ4n) is 1.35. The molecule has 0 radical (unpaired) electrons. The highest BCUT2D eigenvalue weighted by Crippen LogP contribution is 2.18. The van der Waals surface area contributed by atoms with Crippen molar-refractivity contribution in [3.8, 4) is 0 Å². The van der Waals surface area contributed by atoms with Crippen LogP contribution in [0.3, 0.4) is 0 Å². The normalized spacial score (nSPS) is 10.9. The van der Waals surface area contributed by atoms with Crippen LogP contribution in [0.5, 0.6) is 0 Å². The number of carboxylic acids is 1. The zero-order valence-electron chi connectivity index (χ0n) is 10.4. The van der Waals surface area contributed by atoms with Gasteiger partial charge in [0.05, 0.1) is 17.9 Å². The zero-order chi connectivity index (χ0) is 15.3. The van der Waals surface area contributed by atoms with Crippen molar-refractivity contribution < 1.29 is 32.2 Å². The average molecular weight is 305 g/mol. The number of carbonyl (C=O) groups excluding carboxylic acids is 1. The first kappa shape index (κ1) is 15.9. The van der Waals surface area contributed by atoms with Crippen LogP contribution < -0.4 is 4.72 Å². The molecular formula is C11H12FNO6S. The molecule has 0 saturated carbocycles. The van der Waals surface area contributed by atoms with Gasteiger partial charge in [-0.3, -0.25) is 9.52 Å². The Labute approximate surface area is 114 Å². The fraction of sp³-hybridized carbons (Fsp3) is 0.273. The monoisotopic (exact) mass is 305 g/mol. The zero-order valence-corrected chi connectivity index (χ0v) is 11.2. The first-order valence-electron chi connectivity index (χ1n) is 5.44. The lowest BCUT2D eigenvalue weighted by Crippen LogP contribution is -2.25. The summed E-state index contributed by atoms with van der Waals surface area (Å²) < 4.78 is 42.7. The van der Waals surface area contributed by atoms with Crippen molar-refractivity contribution >= 4 is 27.6 Å². The second-order valence-corrected chi connectivity index (χ2v) is 5.38. The maximum absolute atomic E-state index is 13.0. The number of hydrogen-bond donors (Lipinski definition) is 2. The minimum absolute atomic E-state index is 0.00863. The van der Waals surface area contributed by atoms with Crippen molar-refractivity contribution in [2.75, 3.05) is 17.1 Å². The number of anilines is 1. The number of nitrogens with one attached hydrogen (secondary N) is 1. The van der Waals surface area contributed by atoms with Gasteiger partial charge in [-0.05, 0) is 25.1 Å². The molecule has 0 amide bonds. The molecule has 2 N–H and O–H groups in total. The van der Waals surface area contributed by atoms with Gasteiger partial charge in [-0.2, -0.15) is 0 Å². The molecule has 0 atom stereocenters. The van der Waals surface area contributed by atoms with Crippen molar-refractivity contribution in [3.63, 3.8) is 0 Å². The van der Waals surface area contributed by atoms with Crippen molar-refractivity contribution in [2.24, 2.45) is 0 Å². The van der Waals surface area contributed by atoms with E-state index in [1.165, 1.54) is 6.92 Å². The number of rotatable bonds is 6. The van der Waals surface area contributed by atoms with Crippen molar-refractivity contribution in [2.45, 2.75) is 6.92 Å². The van der Waals surface area contributed by atoms with Crippen molar-refractivity contribution in [1.82, 2.24) is 0 Å². The van der Waals surface area contributed by atoms with Crippen LogP contribution in [0.15, 0.2) is 18.2 Å². The predicted octanol–water partition coefficient (Wildman–Crippen LogP) is 0.829. The minimum atomic E-state index is -4.18. The van der Waals surface area contributed by atoms with E-state index in [4.69, 9.17) is 5.11 Å². The Morgan fingerprint density at radius 2 is 2.05 bits per heavy atom. The molecular weight excluding hydrogens is 293 g/mol. The molecule has 1 aromatic rings. The summed E-state index contributed by atoms with van der Waals surface area (Å²) in [5.74, 6) is -4.23. The minimum Gasteiger partial charge on any atom is -0.478 e. The van der Waals surface area contributed by atoms with Crippen LogP contribution in [-0.4, -0.2) is 37.8 Å². The van der Waals surface area contributed by atoms with E-state index in [0.29, 0.717) is 6.07 Å². The Bertz CT molecular complexity index is 628. The summed E-state index contributed by atoms with van der Waals surface area (Å²) in [6.07, 6.45) is 0.